The third-order valence-corrected chi connectivity index (χ3v) is 9.13. The van der Waals surface area contributed by atoms with Crippen LogP contribution in [0.1, 0.15) is 30.9 Å². The van der Waals surface area contributed by atoms with E-state index >= 15 is 0 Å². The molecule has 0 spiro atoms. The van der Waals surface area contributed by atoms with E-state index in [4.69, 9.17) is 4.74 Å². The molecule has 37 heavy (non-hydrogen) atoms. The van der Waals surface area contributed by atoms with Crippen LogP contribution in [0.5, 0.6) is 5.75 Å². The molecule has 1 fully saturated rings. The highest BCUT2D eigenvalue weighted by Gasteiger charge is 2.29. The van der Waals surface area contributed by atoms with Crippen molar-refractivity contribution in [1.82, 2.24) is 24.3 Å². The second kappa shape index (κ2) is 14.1. The molecule has 2 rings (SSSR count). The van der Waals surface area contributed by atoms with E-state index < -0.39 is 15.9 Å². The van der Waals surface area contributed by atoms with Crippen LogP contribution in [0.3, 0.4) is 0 Å². The minimum atomic E-state index is -3.91. The van der Waals surface area contributed by atoms with Crippen LogP contribution in [-0.2, 0) is 19.6 Å². The predicted octanol–water partition coefficient (Wildman–Crippen LogP) is 1.17. The lowest BCUT2D eigenvalue weighted by molar-refractivity contribution is -0.132. The molecule has 210 valence electrons. The molecule has 0 atom stereocenters. The molecular formula is C26H45N5O5S. The highest BCUT2D eigenvalue weighted by atomic mass is 32.2. The molecule has 11 heteroatoms. The van der Waals surface area contributed by atoms with Crippen molar-refractivity contribution >= 4 is 21.8 Å². The first-order valence-corrected chi connectivity index (χ1v) is 14.4. The van der Waals surface area contributed by atoms with E-state index in [1.165, 1.54) is 7.11 Å². The fourth-order valence-electron chi connectivity index (χ4n) is 4.68. The number of ether oxygens (including phenoxy) is 1. The summed E-state index contributed by atoms with van der Waals surface area (Å²) in [5.74, 6) is 0.325. The highest BCUT2D eigenvalue weighted by molar-refractivity contribution is 7.89. The maximum Gasteiger partial charge on any atom is 0.244 e. The second-order valence-corrected chi connectivity index (χ2v) is 12.0. The molecular weight excluding hydrogens is 494 g/mol. The van der Waals surface area contributed by atoms with Gasteiger partial charge in [0.2, 0.25) is 21.8 Å². The summed E-state index contributed by atoms with van der Waals surface area (Å²) in [7, 11) is 3.53. The van der Waals surface area contributed by atoms with Gasteiger partial charge in [-0.25, -0.2) is 8.42 Å². The smallest absolute Gasteiger partial charge is 0.244 e. The fraction of sp³-hybridized carbons (Fsp3) is 0.692. The van der Waals surface area contributed by atoms with Crippen molar-refractivity contribution in [2.24, 2.45) is 5.92 Å². The Morgan fingerprint density at radius 2 is 1.70 bits per heavy atom. The lowest BCUT2D eigenvalue weighted by atomic mass is 9.96. The molecule has 1 aliphatic rings. The second-order valence-electron chi connectivity index (χ2n) is 10.2. The summed E-state index contributed by atoms with van der Waals surface area (Å²) in [4.78, 5) is 31.7. The summed E-state index contributed by atoms with van der Waals surface area (Å²) in [6, 6.07) is 3.33. The van der Waals surface area contributed by atoms with E-state index in [-0.39, 0.29) is 30.4 Å². The van der Waals surface area contributed by atoms with Crippen LogP contribution in [0.4, 0.5) is 0 Å². The Bertz CT molecular complexity index is 999. The van der Waals surface area contributed by atoms with Gasteiger partial charge in [-0.2, -0.15) is 4.31 Å². The Balaban J connectivity index is 1.86. The van der Waals surface area contributed by atoms with Gasteiger partial charge in [0.1, 0.15) is 5.75 Å². The Morgan fingerprint density at radius 1 is 1.11 bits per heavy atom. The first-order valence-electron chi connectivity index (χ1n) is 12.9. The molecule has 1 aliphatic heterocycles. The molecule has 0 bridgehead atoms. The summed E-state index contributed by atoms with van der Waals surface area (Å²) < 4.78 is 33.0. The number of carbonyl (C=O) groups is 2. The number of carbonyl (C=O) groups excluding carboxylic acids is 2. The van der Waals surface area contributed by atoms with Gasteiger partial charge in [-0.05, 0) is 83.1 Å². The van der Waals surface area contributed by atoms with Crippen molar-refractivity contribution < 1.29 is 22.7 Å². The summed E-state index contributed by atoms with van der Waals surface area (Å²) in [6.07, 6.45) is 2.09. The van der Waals surface area contributed by atoms with Crippen molar-refractivity contribution in [3.63, 3.8) is 0 Å². The number of likely N-dealkylation sites (N-methyl/N-ethyl adjacent to an activating group) is 3. The highest BCUT2D eigenvalue weighted by Crippen LogP contribution is 2.28. The SMILES string of the molecule is CCN(CC(=O)NCC(=O)N(C)CC1CCN(CCN(C)C)CC1)S(=O)(=O)c1c(C)cc(OC)cc1C. The van der Waals surface area contributed by atoms with Crippen LogP contribution in [0.2, 0.25) is 0 Å². The number of hydrogen-bond donors (Lipinski definition) is 1. The zero-order valence-corrected chi connectivity index (χ0v) is 24.4. The zero-order valence-electron chi connectivity index (χ0n) is 23.5. The van der Waals surface area contributed by atoms with Crippen LogP contribution in [0.25, 0.3) is 0 Å². The fourth-order valence-corrected chi connectivity index (χ4v) is 6.50. The van der Waals surface area contributed by atoms with Crippen molar-refractivity contribution in [3.05, 3.63) is 23.3 Å². The van der Waals surface area contributed by atoms with E-state index in [0.29, 0.717) is 29.3 Å². The van der Waals surface area contributed by atoms with Gasteiger partial charge in [-0.15, -0.1) is 0 Å². The van der Waals surface area contributed by atoms with Crippen LogP contribution in [-0.4, -0.2) is 120 Å². The topological polar surface area (TPSA) is 103 Å². The first-order chi connectivity index (χ1) is 17.4. The van der Waals surface area contributed by atoms with E-state index in [1.54, 1.807) is 44.9 Å². The van der Waals surface area contributed by atoms with Gasteiger partial charge in [-0.1, -0.05) is 6.92 Å². The number of benzene rings is 1. The van der Waals surface area contributed by atoms with E-state index in [0.717, 1.165) is 43.3 Å². The lowest BCUT2D eigenvalue weighted by Gasteiger charge is -2.34. The van der Waals surface area contributed by atoms with E-state index in [1.807, 2.05) is 0 Å². The van der Waals surface area contributed by atoms with Crippen LogP contribution in [0, 0.1) is 19.8 Å². The number of piperidine rings is 1. The molecule has 1 heterocycles. The third-order valence-electron chi connectivity index (χ3n) is 6.91. The van der Waals surface area contributed by atoms with Gasteiger partial charge in [-0.3, -0.25) is 9.59 Å². The number of sulfonamides is 1. The number of nitrogens with one attached hydrogen (secondary N) is 1. The Morgan fingerprint density at radius 3 is 2.22 bits per heavy atom. The molecule has 2 amide bonds. The molecule has 1 aromatic carbocycles. The number of hydrogen-bond acceptors (Lipinski definition) is 7. The number of methoxy groups -OCH3 is 1. The molecule has 0 unspecified atom stereocenters. The van der Waals surface area contributed by atoms with Crippen LogP contribution < -0.4 is 10.1 Å². The van der Waals surface area contributed by atoms with Gasteiger partial charge in [0.15, 0.2) is 0 Å². The molecule has 0 radical (unpaired) electrons. The minimum absolute atomic E-state index is 0.127. The van der Waals surface area contributed by atoms with E-state index in [2.05, 4.69) is 29.2 Å². The maximum absolute atomic E-state index is 13.3. The molecule has 0 saturated carbocycles. The zero-order chi connectivity index (χ0) is 27.8. The Kier molecular flexibility index (Phi) is 11.8. The Hall–Kier alpha value is -2.21. The molecule has 1 aromatic rings. The van der Waals surface area contributed by atoms with E-state index in [9.17, 15) is 18.0 Å². The predicted molar refractivity (Wildman–Crippen MR) is 145 cm³/mol. The summed E-state index contributed by atoms with van der Waals surface area (Å²) in [5.41, 5.74) is 1.10. The maximum atomic E-state index is 13.3. The average Bonchev–Trinajstić information content (AvgIpc) is 2.84. The Labute approximate surface area is 223 Å². The third kappa shape index (κ3) is 8.94. The molecule has 1 saturated heterocycles. The number of aryl methyl sites for hydroxylation is 2. The molecule has 0 aromatic heterocycles. The number of nitrogens with zero attached hydrogens (tertiary/aromatic N) is 4. The minimum Gasteiger partial charge on any atom is -0.497 e. The lowest BCUT2D eigenvalue weighted by Crippen LogP contribution is -2.46. The number of rotatable bonds is 13. The number of amides is 2. The van der Waals surface area contributed by atoms with Gasteiger partial charge in [0.25, 0.3) is 0 Å². The van der Waals surface area contributed by atoms with Crippen molar-refractivity contribution in [1.29, 1.82) is 0 Å². The summed E-state index contributed by atoms with van der Waals surface area (Å²) in [5, 5.41) is 2.60. The average molecular weight is 540 g/mol. The molecule has 10 nitrogen and oxygen atoms in total. The van der Waals surface area contributed by atoms with Gasteiger partial charge >= 0.3 is 0 Å². The van der Waals surface area contributed by atoms with Crippen LogP contribution >= 0.6 is 0 Å². The van der Waals surface area contributed by atoms with Crippen molar-refractivity contribution in [3.8, 4) is 5.75 Å². The molecule has 1 N–H and O–H groups in total. The van der Waals surface area contributed by atoms with Gasteiger partial charge in [0, 0.05) is 33.2 Å². The van der Waals surface area contributed by atoms with Crippen LogP contribution in [0.15, 0.2) is 17.0 Å². The monoisotopic (exact) mass is 539 g/mol. The van der Waals surface area contributed by atoms with Gasteiger partial charge in [0.05, 0.1) is 25.1 Å². The summed E-state index contributed by atoms with van der Waals surface area (Å²) in [6.45, 7) is 9.53. The normalized spacial score (nSPS) is 15.3. The quantitative estimate of drug-likeness (QED) is 0.402. The first kappa shape index (κ1) is 31.0. The molecule has 0 aliphatic carbocycles. The van der Waals surface area contributed by atoms with Crippen molar-refractivity contribution in [2.45, 2.75) is 38.5 Å². The van der Waals surface area contributed by atoms with Gasteiger partial charge < -0.3 is 24.8 Å². The van der Waals surface area contributed by atoms with Crippen molar-refractivity contribution in [2.75, 3.05) is 80.6 Å². The summed E-state index contributed by atoms with van der Waals surface area (Å²) >= 11 is 0. The largest absolute Gasteiger partial charge is 0.497 e. The standard InChI is InChI=1S/C26H45N5O5S/c1-8-31(37(34,35)26-20(2)15-23(36-7)16-21(26)3)19-24(32)27-17-25(33)29(6)18-22-9-11-30(12-10-22)14-13-28(4)5/h15-16,22H,8-14,17-19H2,1-7H3,(H,27,32). The number of likely N-dealkylation sites (tertiary alicyclic amines) is 1.